The van der Waals surface area contributed by atoms with Gasteiger partial charge in [-0.2, -0.15) is 0 Å². The van der Waals surface area contributed by atoms with E-state index >= 15 is 0 Å². The first kappa shape index (κ1) is 20.6. The first-order valence-electron chi connectivity index (χ1n) is 8.41. The minimum Gasteiger partial charge on any atom is -0.460 e. The standard InChI is InChI=1S/C20H24Cl2N2O2/c1-20(2,3)17(12-23)26-18(25)11-13-7-4-5-10-16(13)24-19-14(21)8-6-9-15(19)22/h4-10,17,24H,11-12,23H2,1-3H3. The second-order valence-corrected chi connectivity index (χ2v) is 7.95. The molecule has 0 saturated heterocycles. The zero-order valence-corrected chi connectivity index (χ0v) is 16.7. The lowest BCUT2D eigenvalue weighted by Gasteiger charge is -2.29. The predicted molar refractivity (Wildman–Crippen MR) is 108 cm³/mol. The number of para-hydroxylation sites is 2. The summed E-state index contributed by atoms with van der Waals surface area (Å²) in [6.45, 7) is 6.26. The monoisotopic (exact) mass is 394 g/mol. The van der Waals surface area contributed by atoms with Crippen molar-refractivity contribution in [2.75, 3.05) is 11.9 Å². The van der Waals surface area contributed by atoms with E-state index in [0.717, 1.165) is 11.3 Å². The van der Waals surface area contributed by atoms with E-state index in [9.17, 15) is 4.79 Å². The van der Waals surface area contributed by atoms with Crippen molar-refractivity contribution in [1.29, 1.82) is 0 Å². The quantitative estimate of drug-likeness (QED) is 0.661. The van der Waals surface area contributed by atoms with Gasteiger partial charge < -0.3 is 15.8 Å². The summed E-state index contributed by atoms with van der Waals surface area (Å²) < 4.78 is 5.58. The number of rotatable bonds is 6. The molecule has 3 N–H and O–H groups in total. The van der Waals surface area contributed by atoms with Gasteiger partial charge in [0, 0.05) is 17.6 Å². The van der Waals surface area contributed by atoms with Crippen LogP contribution in [-0.2, 0) is 16.0 Å². The van der Waals surface area contributed by atoms with Gasteiger partial charge in [-0.15, -0.1) is 0 Å². The lowest BCUT2D eigenvalue weighted by Crippen LogP contribution is -2.38. The SMILES string of the molecule is CC(C)(C)C(CN)OC(=O)Cc1ccccc1Nc1c(Cl)cccc1Cl. The Hall–Kier alpha value is -1.75. The van der Waals surface area contributed by atoms with E-state index in [1.165, 1.54) is 0 Å². The van der Waals surface area contributed by atoms with Gasteiger partial charge in [0.25, 0.3) is 0 Å². The molecule has 1 atom stereocenters. The maximum absolute atomic E-state index is 12.4. The number of nitrogens with two attached hydrogens (primary N) is 1. The molecule has 0 bridgehead atoms. The second kappa shape index (κ2) is 8.76. The molecule has 0 fully saturated rings. The van der Waals surface area contributed by atoms with Crippen LogP contribution in [0.1, 0.15) is 26.3 Å². The highest BCUT2D eigenvalue weighted by Gasteiger charge is 2.27. The van der Waals surface area contributed by atoms with Crippen LogP contribution in [0.3, 0.4) is 0 Å². The molecular formula is C20H24Cl2N2O2. The number of ether oxygens (including phenoxy) is 1. The smallest absolute Gasteiger partial charge is 0.310 e. The number of carbonyl (C=O) groups is 1. The number of esters is 1. The van der Waals surface area contributed by atoms with Crippen LogP contribution in [-0.4, -0.2) is 18.6 Å². The van der Waals surface area contributed by atoms with Crippen molar-refractivity contribution in [1.82, 2.24) is 0 Å². The molecule has 2 aromatic rings. The Balaban J connectivity index is 2.18. The van der Waals surface area contributed by atoms with Gasteiger partial charge in [0.15, 0.2) is 0 Å². The Labute approximate surface area is 164 Å². The third-order valence-corrected chi connectivity index (χ3v) is 4.66. The number of hydrogen-bond acceptors (Lipinski definition) is 4. The average molecular weight is 395 g/mol. The van der Waals surface area contributed by atoms with Crippen molar-refractivity contribution in [3.63, 3.8) is 0 Å². The zero-order chi connectivity index (χ0) is 19.3. The molecule has 0 saturated carbocycles. The molecule has 0 amide bonds. The van der Waals surface area contributed by atoms with Crippen molar-refractivity contribution < 1.29 is 9.53 Å². The van der Waals surface area contributed by atoms with E-state index in [2.05, 4.69) is 5.32 Å². The molecule has 0 aliphatic heterocycles. The van der Waals surface area contributed by atoms with Gasteiger partial charge in [-0.05, 0) is 23.8 Å². The summed E-state index contributed by atoms with van der Waals surface area (Å²) in [5.74, 6) is -0.324. The summed E-state index contributed by atoms with van der Waals surface area (Å²) in [5, 5.41) is 4.23. The third-order valence-electron chi connectivity index (χ3n) is 4.03. The topological polar surface area (TPSA) is 64.3 Å². The van der Waals surface area contributed by atoms with Crippen LogP contribution in [0.25, 0.3) is 0 Å². The van der Waals surface area contributed by atoms with E-state index in [0.29, 0.717) is 15.7 Å². The molecule has 0 aliphatic rings. The van der Waals surface area contributed by atoms with Crippen molar-refractivity contribution in [2.24, 2.45) is 11.1 Å². The summed E-state index contributed by atoms with van der Waals surface area (Å²) in [6, 6.07) is 12.8. The molecule has 0 radical (unpaired) electrons. The molecule has 0 aromatic heterocycles. The summed E-state index contributed by atoms with van der Waals surface area (Å²) in [7, 11) is 0. The molecule has 26 heavy (non-hydrogen) atoms. The summed E-state index contributed by atoms with van der Waals surface area (Å²) in [4.78, 5) is 12.4. The van der Waals surface area contributed by atoms with Crippen molar-refractivity contribution in [3.05, 3.63) is 58.1 Å². The third kappa shape index (κ3) is 5.37. The van der Waals surface area contributed by atoms with Gasteiger partial charge in [0.1, 0.15) is 6.10 Å². The number of halogens is 2. The molecule has 1 unspecified atom stereocenters. The van der Waals surface area contributed by atoms with E-state index in [1.54, 1.807) is 18.2 Å². The minimum atomic E-state index is -0.340. The predicted octanol–water partition coefficient (Wildman–Crippen LogP) is 5.20. The first-order valence-corrected chi connectivity index (χ1v) is 9.16. The average Bonchev–Trinajstić information content (AvgIpc) is 2.56. The second-order valence-electron chi connectivity index (χ2n) is 7.14. The van der Waals surface area contributed by atoms with Crippen LogP contribution in [0.4, 0.5) is 11.4 Å². The number of hydrogen-bond donors (Lipinski definition) is 2. The summed E-state index contributed by atoms with van der Waals surface area (Å²) in [6.07, 6.45) is -0.217. The van der Waals surface area contributed by atoms with E-state index in [4.69, 9.17) is 33.7 Å². The van der Waals surface area contributed by atoms with Crippen molar-refractivity contribution in [2.45, 2.75) is 33.3 Å². The molecule has 2 rings (SSSR count). The molecule has 4 nitrogen and oxygen atoms in total. The fourth-order valence-electron chi connectivity index (χ4n) is 2.48. The number of anilines is 2. The van der Waals surface area contributed by atoms with E-state index in [-0.39, 0.29) is 30.5 Å². The summed E-state index contributed by atoms with van der Waals surface area (Å²) >= 11 is 12.4. The Kier molecular flexibility index (Phi) is 6.93. The fraction of sp³-hybridized carbons (Fsp3) is 0.350. The van der Waals surface area contributed by atoms with Crippen LogP contribution in [0, 0.1) is 5.41 Å². The minimum absolute atomic E-state index is 0.123. The first-order chi connectivity index (χ1) is 12.2. The van der Waals surface area contributed by atoms with Gasteiger partial charge in [0.2, 0.25) is 0 Å². The molecule has 0 heterocycles. The number of benzene rings is 2. The normalized spacial score (nSPS) is 12.5. The van der Waals surface area contributed by atoms with E-state index < -0.39 is 0 Å². The van der Waals surface area contributed by atoms with Crippen molar-refractivity contribution >= 4 is 40.5 Å². The Bertz CT molecular complexity index is 752. The highest BCUT2D eigenvalue weighted by Crippen LogP contribution is 2.33. The molecule has 0 spiro atoms. The fourth-order valence-corrected chi connectivity index (χ4v) is 2.97. The molecule has 140 valence electrons. The van der Waals surface area contributed by atoms with Gasteiger partial charge >= 0.3 is 5.97 Å². The Morgan fingerprint density at radius 1 is 1.12 bits per heavy atom. The molecular weight excluding hydrogens is 371 g/mol. The van der Waals surface area contributed by atoms with Crippen LogP contribution in [0.2, 0.25) is 10.0 Å². The maximum atomic E-state index is 12.4. The lowest BCUT2D eigenvalue weighted by molar-refractivity contribution is -0.153. The Morgan fingerprint density at radius 3 is 2.31 bits per heavy atom. The summed E-state index contributed by atoms with van der Waals surface area (Å²) in [5.41, 5.74) is 7.67. The van der Waals surface area contributed by atoms with Gasteiger partial charge in [-0.1, -0.05) is 68.2 Å². The maximum Gasteiger partial charge on any atom is 0.310 e. The van der Waals surface area contributed by atoms with Crippen LogP contribution in [0.5, 0.6) is 0 Å². The zero-order valence-electron chi connectivity index (χ0n) is 15.2. The number of nitrogens with one attached hydrogen (secondary N) is 1. The molecule has 6 heteroatoms. The lowest BCUT2D eigenvalue weighted by atomic mass is 9.89. The van der Waals surface area contributed by atoms with E-state index in [1.807, 2.05) is 45.0 Å². The van der Waals surface area contributed by atoms with Crippen LogP contribution in [0.15, 0.2) is 42.5 Å². The largest absolute Gasteiger partial charge is 0.460 e. The Morgan fingerprint density at radius 2 is 1.73 bits per heavy atom. The number of carbonyl (C=O) groups excluding carboxylic acids is 1. The van der Waals surface area contributed by atoms with Gasteiger partial charge in [-0.3, -0.25) is 4.79 Å². The molecule has 0 aliphatic carbocycles. The van der Waals surface area contributed by atoms with Crippen molar-refractivity contribution in [3.8, 4) is 0 Å². The van der Waals surface area contributed by atoms with Crippen LogP contribution < -0.4 is 11.1 Å². The highest BCUT2D eigenvalue weighted by atomic mass is 35.5. The van der Waals surface area contributed by atoms with Gasteiger partial charge in [-0.25, -0.2) is 0 Å². The van der Waals surface area contributed by atoms with Crippen LogP contribution >= 0.6 is 23.2 Å². The highest BCUT2D eigenvalue weighted by molar-refractivity contribution is 6.39. The van der Waals surface area contributed by atoms with Gasteiger partial charge in [0.05, 0.1) is 22.2 Å². The molecule has 2 aromatic carbocycles.